The third-order valence-electron chi connectivity index (χ3n) is 3.38. The molecule has 0 aliphatic heterocycles. The summed E-state index contributed by atoms with van der Waals surface area (Å²) in [7, 11) is 0. The Hall–Kier alpha value is -2.51. The Kier molecular flexibility index (Phi) is 5.57. The van der Waals surface area contributed by atoms with Gasteiger partial charge in [-0.25, -0.2) is 4.98 Å². The molecule has 25 heavy (non-hydrogen) atoms. The highest BCUT2D eigenvalue weighted by Gasteiger charge is 2.19. The zero-order chi connectivity index (χ0) is 17.6. The van der Waals surface area contributed by atoms with Crippen molar-refractivity contribution in [2.24, 2.45) is 0 Å². The number of aromatic nitrogens is 1. The second-order valence-electron chi connectivity index (χ2n) is 5.28. The fourth-order valence-electron chi connectivity index (χ4n) is 2.13. The maximum atomic E-state index is 12.2. The molecule has 1 N–H and O–H groups in total. The van der Waals surface area contributed by atoms with E-state index in [0.29, 0.717) is 5.13 Å². The van der Waals surface area contributed by atoms with Gasteiger partial charge < -0.3 is 4.74 Å². The van der Waals surface area contributed by atoms with Gasteiger partial charge in [-0.2, -0.15) is 0 Å². The molecular weight excluding hydrogens is 356 g/mol. The minimum Gasteiger partial charge on any atom is -0.452 e. The van der Waals surface area contributed by atoms with Crippen molar-refractivity contribution in [3.63, 3.8) is 0 Å². The number of hydrogen-bond acceptors (Lipinski definition) is 6. The Morgan fingerprint density at radius 1 is 1.16 bits per heavy atom. The number of esters is 1. The normalized spacial score (nSPS) is 11.7. The number of carbonyl (C=O) groups is 2. The fourth-order valence-corrected chi connectivity index (χ4v) is 3.54. The molecule has 3 aromatic rings. The molecule has 0 saturated heterocycles. The van der Waals surface area contributed by atoms with Crippen LogP contribution in [0.15, 0.2) is 53.2 Å². The second kappa shape index (κ2) is 8.04. The van der Waals surface area contributed by atoms with Crippen molar-refractivity contribution in [2.45, 2.75) is 19.4 Å². The van der Waals surface area contributed by atoms with Gasteiger partial charge >= 0.3 is 5.97 Å². The van der Waals surface area contributed by atoms with Crippen LogP contribution in [0, 0.1) is 0 Å². The molecule has 1 aromatic carbocycles. The molecule has 128 valence electrons. The minimum absolute atomic E-state index is 0.171. The molecular formula is C18H16N2O3S2. The average molecular weight is 372 g/mol. The lowest BCUT2D eigenvalue weighted by Crippen LogP contribution is -2.30. The van der Waals surface area contributed by atoms with Crippen molar-refractivity contribution in [2.75, 3.05) is 5.32 Å². The number of nitrogens with zero attached hydrogens (tertiary/aromatic N) is 1. The summed E-state index contributed by atoms with van der Waals surface area (Å²) in [5.74, 6) is -0.817. The van der Waals surface area contributed by atoms with Crippen LogP contribution in [0.3, 0.4) is 0 Å². The van der Waals surface area contributed by atoms with E-state index in [1.807, 2.05) is 53.2 Å². The summed E-state index contributed by atoms with van der Waals surface area (Å²) in [5, 5.41) is 6.93. The van der Waals surface area contributed by atoms with E-state index in [4.69, 9.17) is 4.74 Å². The number of thiophene rings is 1. The highest BCUT2D eigenvalue weighted by atomic mass is 32.1. The number of rotatable bonds is 6. The summed E-state index contributed by atoms with van der Waals surface area (Å²) in [6.07, 6.45) is -0.707. The third kappa shape index (κ3) is 4.74. The van der Waals surface area contributed by atoms with Gasteiger partial charge in [0.15, 0.2) is 11.2 Å². The van der Waals surface area contributed by atoms with Gasteiger partial charge in [0.2, 0.25) is 0 Å². The quantitative estimate of drug-likeness (QED) is 0.665. The van der Waals surface area contributed by atoms with E-state index in [9.17, 15) is 9.59 Å². The summed E-state index contributed by atoms with van der Waals surface area (Å²) in [4.78, 5) is 29.3. The number of benzene rings is 1. The van der Waals surface area contributed by atoms with Crippen LogP contribution in [0.5, 0.6) is 0 Å². The molecule has 3 rings (SSSR count). The summed E-state index contributed by atoms with van der Waals surface area (Å²) < 4.78 is 5.18. The van der Waals surface area contributed by atoms with Crippen LogP contribution < -0.4 is 5.32 Å². The van der Waals surface area contributed by atoms with Crippen molar-refractivity contribution in [1.82, 2.24) is 4.98 Å². The SMILES string of the molecule is CC(OC(=O)Cc1cccs1)C(=O)Nc1nc(-c2ccccc2)cs1. The monoisotopic (exact) mass is 372 g/mol. The molecule has 7 heteroatoms. The molecule has 0 radical (unpaired) electrons. The Balaban J connectivity index is 1.55. The van der Waals surface area contributed by atoms with Crippen molar-refractivity contribution < 1.29 is 14.3 Å². The van der Waals surface area contributed by atoms with Crippen LogP contribution in [0.25, 0.3) is 11.3 Å². The van der Waals surface area contributed by atoms with Crippen molar-refractivity contribution in [3.8, 4) is 11.3 Å². The molecule has 1 amide bonds. The maximum Gasteiger partial charge on any atom is 0.311 e. The zero-order valence-corrected chi connectivity index (χ0v) is 15.1. The van der Waals surface area contributed by atoms with Crippen LogP contribution in [0.2, 0.25) is 0 Å². The molecule has 0 bridgehead atoms. The Morgan fingerprint density at radius 2 is 1.96 bits per heavy atom. The number of carbonyl (C=O) groups excluding carboxylic acids is 2. The second-order valence-corrected chi connectivity index (χ2v) is 7.17. The molecule has 5 nitrogen and oxygen atoms in total. The smallest absolute Gasteiger partial charge is 0.311 e. The molecule has 1 atom stereocenters. The first-order valence-electron chi connectivity index (χ1n) is 7.65. The lowest BCUT2D eigenvalue weighted by Gasteiger charge is -2.11. The van der Waals surface area contributed by atoms with Crippen molar-refractivity contribution in [3.05, 3.63) is 58.1 Å². The fraction of sp³-hybridized carbons (Fsp3) is 0.167. The van der Waals surface area contributed by atoms with Crippen LogP contribution in [-0.2, 0) is 20.7 Å². The molecule has 0 aliphatic carbocycles. The summed E-state index contributed by atoms with van der Waals surface area (Å²) in [5.41, 5.74) is 1.78. The lowest BCUT2D eigenvalue weighted by molar-refractivity contribution is -0.152. The topological polar surface area (TPSA) is 68.3 Å². The molecule has 0 fully saturated rings. The number of ether oxygens (including phenoxy) is 1. The first-order valence-corrected chi connectivity index (χ1v) is 9.41. The third-order valence-corrected chi connectivity index (χ3v) is 5.01. The Morgan fingerprint density at radius 3 is 2.68 bits per heavy atom. The van der Waals surface area contributed by atoms with Crippen LogP contribution in [-0.4, -0.2) is 23.0 Å². The molecule has 2 heterocycles. The van der Waals surface area contributed by atoms with E-state index < -0.39 is 18.0 Å². The van der Waals surface area contributed by atoms with Gasteiger partial charge in [-0.3, -0.25) is 14.9 Å². The predicted molar refractivity (Wildman–Crippen MR) is 99.8 cm³/mol. The van der Waals surface area contributed by atoms with E-state index in [0.717, 1.165) is 16.1 Å². The Labute approximate surface area is 153 Å². The minimum atomic E-state index is -0.878. The highest BCUT2D eigenvalue weighted by Crippen LogP contribution is 2.24. The van der Waals surface area contributed by atoms with E-state index in [-0.39, 0.29) is 6.42 Å². The van der Waals surface area contributed by atoms with Gasteiger partial charge in [0.05, 0.1) is 12.1 Å². The lowest BCUT2D eigenvalue weighted by atomic mass is 10.2. The number of amides is 1. The van der Waals surface area contributed by atoms with Gasteiger partial charge in [0.25, 0.3) is 5.91 Å². The molecule has 0 aliphatic rings. The zero-order valence-electron chi connectivity index (χ0n) is 13.5. The summed E-state index contributed by atoms with van der Waals surface area (Å²) in [6.45, 7) is 1.55. The standard InChI is InChI=1S/C18H16N2O3S2/c1-12(23-16(21)10-14-8-5-9-24-14)17(22)20-18-19-15(11-25-18)13-6-3-2-4-7-13/h2-9,11-12H,10H2,1H3,(H,19,20,22). The largest absolute Gasteiger partial charge is 0.452 e. The number of thiazole rings is 1. The van der Waals surface area contributed by atoms with Crippen molar-refractivity contribution in [1.29, 1.82) is 0 Å². The first kappa shape index (κ1) is 17.3. The van der Waals surface area contributed by atoms with Gasteiger partial charge in [-0.05, 0) is 18.4 Å². The first-order chi connectivity index (χ1) is 12.1. The van der Waals surface area contributed by atoms with Crippen LogP contribution >= 0.6 is 22.7 Å². The van der Waals surface area contributed by atoms with Gasteiger partial charge in [0.1, 0.15) is 0 Å². The van der Waals surface area contributed by atoms with E-state index in [1.165, 1.54) is 22.7 Å². The molecule has 2 aromatic heterocycles. The van der Waals surface area contributed by atoms with E-state index in [1.54, 1.807) is 6.92 Å². The average Bonchev–Trinajstić information content (AvgIpc) is 3.27. The van der Waals surface area contributed by atoms with Gasteiger partial charge in [0, 0.05) is 15.8 Å². The molecule has 1 unspecified atom stereocenters. The van der Waals surface area contributed by atoms with E-state index >= 15 is 0 Å². The molecule has 0 saturated carbocycles. The summed E-state index contributed by atoms with van der Waals surface area (Å²) in [6, 6.07) is 13.4. The predicted octanol–water partition coefficient (Wildman–Crippen LogP) is 3.98. The number of nitrogens with one attached hydrogen (secondary N) is 1. The van der Waals surface area contributed by atoms with Gasteiger partial charge in [-0.1, -0.05) is 36.4 Å². The van der Waals surface area contributed by atoms with Gasteiger partial charge in [-0.15, -0.1) is 22.7 Å². The Bertz CT molecular complexity index is 844. The summed E-state index contributed by atoms with van der Waals surface area (Å²) >= 11 is 2.81. The molecule has 0 spiro atoms. The van der Waals surface area contributed by atoms with Crippen LogP contribution in [0.1, 0.15) is 11.8 Å². The van der Waals surface area contributed by atoms with E-state index in [2.05, 4.69) is 10.3 Å². The highest BCUT2D eigenvalue weighted by molar-refractivity contribution is 7.14. The van der Waals surface area contributed by atoms with Crippen molar-refractivity contribution >= 4 is 39.7 Å². The number of anilines is 1. The maximum absolute atomic E-state index is 12.2. The number of hydrogen-bond donors (Lipinski definition) is 1. The van der Waals surface area contributed by atoms with Crippen LogP contribution in [0.4, 0.5) is 5.13 Å².